The third-order valence-electron chi connectivity index (χ3n) is 2.67. The van der Waals surface area contributed by atoms with E-state index in [9.17, 15) is 8.42 Å². The second-order valence-electron chi connectivity index (χ2n) is 4.04. The van der Waals surface area contributed by atoms with E-state index in [1.165, 1.54) is 0 Å². The van der Waals surface area contributed by atoms with Crippen LogP contribution >= 0.6 is 0 Å². The van der Waals surface area contributed by atoms with Gasteiger partial charge in [-0.25, -0.2) is 8.42 Å². The summed E-state index contributed by atoms with van der Waals surface area (Å²) in [5.41, 5.74) is 5.37. The minimum Gasteiger partial charge on any atom is -0.339 e. The van der Waals surface area contributed by atoms with Crippen LogP contribution in [-0.4, -0.2) is 36.6 Å². The molecular weight excluding hydrogens is 230 g/mol. The second-order valence-corrected chi connectivity index (χ2v) is 6.27. The molecule has 1 aliphatic heterocycles. The first-order valence-corrected chi connectivity index (χ1v) is 7.16. The van der Waals surface area contributed by atoms with Gasteiger partial charge < -0.3 is 10.3 Å². The molecule has 16 heavy (non-hydrogen) atoms. The molecule has 0 amide bonds. The maximum atomic E-state index is 11.5. The fourth-order valence-electron chi connectivity index (χ4n) is 1.89. The summed E-state index contributed by atoms with van der Waals surface area (Å²) < 4.78 is 27.9. The van der Waals surface area contributed by atoms with Crippen molar-refractivity contribution in [3.05, 3.63) is 11.7 Å². The fraction of sp³-hybridized carbons (Fsp3) is 0.778. The van der Waals surface area contributed by atoms with Gasteiger partial charge in [-0.15, -0.1) is 0 Å². The highest BCUT2D eigenvalue weighted by Crippen LogP contribution is 2.26. The van der Waals surface area contributed by atoms with Gasteiger partial charge in [-0.2, -0.15) is 4.98 Å². The van der Waals surface area contributed by atoms with Gasteiger partial charge in [0.05, 0.1) is 11.5 Å². The first-order valence-electron chi connectivity index (χ1n) is 5.34. The van der Waals surface area contributed by atoms with Gasteiger partial charge in [0.2, 0.25) is 5.89 Å². The summed E-state index contributed by atoms with van der Waals surface area (Å²) in [6.45, 7) is 0.449. The summed E-state index contributed by atoms with van der Waals surface area (Å²) >= 11 is 0. The third-order valence-corrected chi connectivity index (χ3v) is 4.49. The molecule has 1 saturated heterocycles. The van der Waals surface area contributed by atoms with Crippen LogP contribution in [0.2, 0.25) is 0 Å². The van der Waals surface area contributed by atoms with E-state index in [0.717, 1.165) is 6.42 Å². The molecular formula is C9H15N3O3S. The summed E-state index contributed by atoms with van der Waals surface area (Å²) in [5.74, 6) is 1.28. The number of hydrogen-bond donors (Lipinski definition) is 1. The van der Waals surface area contributed by atoms with Gasteiger partial charge in [-0.3, -0.25) is 0 Å². The minimum absolute atomic E-state index is 0.117. The van der Waals surface area contributed by atoms with Gasteiger partial charge in [0.1, 0.15) is 0 Å². The van der Waals surface area contributed by atoms with Crippen LogP contribution in [0.3, 0.4) is 0 Å². The van der Waals surface area contributed by atoms with Crippen molar-refractivity contribution in [2.45, 2.75) is 25.2 Å². The molecule has 0 aromatic carbocycles. The molecule has 1 aliphatic rings. The van der Waals surface area contributed by atoms with Crippen molar-refractivity contribution in [1.82, 2.24) is 10.1 Å². The zero-order valence-corrected chi connectivity index (χ0v) is 9.74. The summed E-state index contributed by atoms with van der Waals surface area (Å²) in [4.78, 5) is 4.17. The molecule has 0 radical (unpaired) electrons. The lowest BCUT2D eigenvalue weighted by Gasteiger charge is -2.18. The van der Waals surface area contributed by atoms with Crippen LogP contribution in [0.25, 0.3) is 0 Å². The maximum Gasteiger partial charge on any atom is 0.227 e. The highest BCUT2D eigenvalue weighted by atomic mass is 32.2. The van der Waals surface area contributed by atoms with Crippen molar-refractivity contribution in [2.24, 2.45) is 5.73 Å². The van der Waals surface area contributed by atoms with Crippen LogP contribution in [0.15, 0.2) is 4.52 Å². The molecule has 2 heterocycles. The first-order chi connectivity index (χ1) is 7.61. The van der Waals surface area contributed by atoms with Gasteiger partial charge >= 0.3 is 0 Å². The van der Waals surface area contributed by atoms with Crippen molar-refractivity contribution in [2.75, 3.05) is 18.1 Å². The highest BCUT2D eigenvalue weighted by Gasteiger charge is 2.29. The number of rotatable bonds is 3. The van der Waals surface area contributed by atoms with Gasteiger partial charge in [0.15, 0.2) is 15.7 Å². The van der Waals surface area contributed by atoms with Crippen molar-refractivity contribution in [1.29, 1.82) is 0 Å². The van der Waals surface area contributed by atoms with E-state index >= 15 is 0 Å². The van der Waals surface area contributed by atoms with E-state index in [1.807, 2.05) is 0 Å². The van der Waals surface area contributed by atoms with Crippen molar-refractivity contribution in [3.63, 3.8) is 0 Å². The number of nitrogens with zero attached hydrogens (tertiary/aromatic N) is 2. The quantitative estimate of drug-likeness (QED) is 0.796. The van der Waals surface area contributed by atoms with E-state index in [0.29, 0.717) is 31.1 Å². The molecule has 90 valence electrons. The van der Waals surface area contributed by atoms with Gasteiger partial charge in [-0.05, 0) is 12.8 Å². The van der Waals surface area contributed by atoms with Crippen LogP contribution in [0.1, 0.15) is 30.5 Å². The molecule has 1 fully saturated rings. The smallest absolute Gasteiger partial charge is 0.227 e. The molecule has 7 heteroatoms. The molecule has 0 aliphatic carbocycles. The number of hydrogen-bond acceptors (Lipinski definition) is 6. The largest absolute Gasteiger partial charge is 0.339 e. The molecule has 2 rings (SSSR count). The molecule has 0 spiro atoms. The Bertz CT molecular complexity index is 454. The normalized spacial score (nSPS) is 24.4. The molecule has 2 N–H and O–H groups in total. The summed E-state index contributed by atoms with van der Waals surface area (Å²) in [6, 6.07) is 0. The average molecular weight is 245 g/mol. The topological polar surface area (TPSA) is 99.1 Å². The summed E-state index contributed by atoms with van der Waals surface area (Å²) in [7, 11) is -2.93. The Balaban J connectivity index is 2.11. The van der Waals surface area contributed by atoms with E-state index in [1.54, 1.807) is 0 Å². The monoisotopic (exact) mass is 245 g/mol. The van der Waals surface area contributed by atoms with Crippen LogP contribution in [0.5, 0.6) is 0 Å². The highest BCUT2D eigenvalue weighted by molar-refractivity contribution is 7.91. The van der Waals surface area contributed by atoms with Crippen molar-refractivity contribution < 1.29 is 12.9 Å². The SMILES string of the molecule is NCCc1nc(C2CCCS(=O)(=O)C2)no1. The Morgan fingerprint density at radius 2 is 2.31 bits per heavy atom. The third kappa shape index (κ3) is 2.59. The Hall–Kier alpha value is -0.950. The van der Waals surface area contributed by atoms with E-state index in [2.05, 4.69) is 10.1 Å². The maximum absolute atomic E-state index is 11.5. The lowest BCUT2D eigenvalue weighted by molar-refractivity contribution is 0.370. The second kappa shape index (κ2) is 4.50. The molecule has 6 nitrogen and oxygen atoms in total. The van der Waals surface area contributed by atoms with Crippen LogP contribution < -0.4 is 5.73 Å². The standard InChI is InChI=1S/C9H15N3O3S/c10-4-3-8-11-9(12-15-8)7-2-1-5-16(13,14)6-7/h7H,1-6,10H2. The van der Waals surface area contributed by atoms with E-state index in [4.69, 9.17) is 10.3 Å². The van der Waals surface area contributed by atoms with Crippen LogP contribution in [0.4, 0.5) is 0 Å². The first kappa shape index (κ1) is 11.5. The van der Waals surface area contributed by atoms with Gasteiger partial charge in [0, 0.05) is 18.9 Å². The van der Waals surface area contributed by atoms with E-state index in [-0.39, 0.29) is 17.4 Å². The van der Waals surface area contributed by atoms with Crippen molar-refractivity contribution >= 4 is 9.84 Å². The lowest BCUT2D eigenvalue weighted by atomic mass is 10.1. The zero-order valence-electron chi connectivity index (χ0n) is 8.92. The van der Waals surface area contributed by atoms with Crippen LogP contribution in [-0.2, 0) is 16.3 Å². The van der Waals surface area contributed by atoms with E-state index < -0.39 is 9.84 Å². The molecule has 0 saturated carbocycles. The van der Waals surface area contributed by atoms with Crippen LogP contribution in [0, 0.1) is 0 Å². The Morgan fingerprint density at radius 3 is 3.00 bits per heavy atom. The predicted molar refractivity (Wildman–Crippen MR) is 57.7 cm³/mol. The molecule has 1 aromatic heterocycles. The molecule has 0 bridgehead atoms. The molecule has 1 unspecified atom stereocenters. The summed E-state index contributed by atoms with van der Waals surface area (Å²) in [6.07, 6.45) is 2.01. The van der Waals surface area contributed by atoms with Crippen molar-refractivity contribution in [3.8, 4) is 0 Å². The Labute approximate surface area is 94.1 Å². The summed E-state index contributed by atoms with van der Waals surface area (Å²) in [5, 5.41) is 3.82. The number of sulfone groups is 1. The van der Waals surface area contributed by atoms with Gasteiger partial charge in [0.25, 0.3) is 0 Å². The fourth-order valence-corrected chi connectivity index (χ4v) is 3.59. The predicted octanol–water partition coefficient (Wildman–Crippen LogP) is -0.137. The molecule has 1 atom stereocenters. The molecule has 1 aromatic rings. The zero-order chi connectivity index (χ0) is 11.6. The van der Waals surface area contributed by atoms with Gasteiger partial charge in [-0.1, -0.05) is 5.16 Å². The number of aromatic nitrogens is 2. The Morgan fingerprint density at radius 1 is 1.50 bits per heavy atom. The number of nitrogens with two attached hydrogens (primary N) is 1. The lowest BCUT2D eigenvalue weighted by Crippen LogP contribution is -2.24. The Kier molecular flexibility index (Phi) is 3.25. The average Bonchev–Trinajstić information content (AvgIpc) is 2.65. The minimum atomic E-state index is -2.93.